The predicted molar refractivity (Wildman–Crippen MR) is 188 cm³/mol. The molecule has 2 aromatic carbocycles. The van der Waals surface area contributed by atoms with Crippen LogP contribution >= 0.6 is 0 Å². The summed E-state index contributed by atoms with van der Waals surface area (Å²) in [5.41, 5.74) is -1.14. The lowest BCUT2D eigenvalue weighted by molar-refractivity contribution is -0.146. The van der Waals surface area contributed by atoms with E-state index in [-0.39, 0.29) is 48.8 Å². The third-order valence-electron chi connectivity index (χ3n) is 12.1. The summed E-state index contributed by atoms with van der Waals surface area (Å²) >= 11 is 0. The minimum atomic E-state index is -4.55. The molecule has 0 unspecified atom stereocenters. The molecule has 284 valence electrons. The molecule has 4 aliphatic heterocycles. The zero-order valence-electron chi connectivity index (χ0n) is 30.5. The van der Waals surface area contributed by atoms with Gasteiger partial charge in [-0.15, -0.1) is 0 Å². The van der Waals surface area contributed by atoms with E-state index in [0.717, 1.165) is 6.07 Å². The molecule has 0 N–H and O–H groups in total. The van der Waals surface area contributed by atoms with Gasteiger partial charge in [-0.2, -0.15) is 13.2 Å². The first-order valence-corrected chi connectivity index (χ1v) is 18.4. The summed E-state index contributed by atoms with van der Waals surface area (Å²) in [6, 6.07) is 11.0. The fourth-order valence-corrected chi connectivity index (χ4v) is 8.99. The predicted octanol–water partition coefficient (Wildman–Crippen LogP) is 5.87. The van der Waals surface area contributed by atoms with Crippen molar-refractivity contribution in [1.29, 1.82) is 0 Å². The number of hydrogen-bond donors (Lipinski definition) is 0. The van der Waals surface area contributed by atoms with E-state index in [1.54, 1.807) is 36.0 Å². The van der Waals surface area contributed by atoms with Crippen molar-refractivity contribution in [2.45, 2.75) is 75.7 Å². The first-order chi connectivity index (χ1) is 24.8. The summed E-state index contributed by atoms with van der Waals surface area (Å²) in [6.45, 7) is 6.23. The molecule has 0 bridgehead atoms. The highest BCUT2D eigenvalue weighted by Crippen LogP contribution is 2.47. The molecule has 52 heavy (non-hydrogen) atoms. The van der Waals surface area contributed by atoms with E-state index < -0.39 is 29.2 Å². The van der Waals surface area contributed by atoms with Crippen LogP contribution in [0.4, 0.5) is 23.2 Å². The Bertz CT molecular complexity index is 1610. The highest BCUT2D eigenvalue weighted by molar-refractivity contribution is 5.88. The summed E-state index contributed by atoms with van der Waals surface area (Å²) in [7, 11) is 2.89. The first-order valence-electron chi connectivity index (χ1n) is 18.4. The number of carbonyl (C=O) groups is 3. The number of likely N-dealkylation sites (tertiary alicyclic amines) is 3. The van der Waals surface area contributed by atoms with Crippen LogP contribution in [0.25, 0.3) is 0 Å². The van der Waals surface area contributed by atoms with Gasteiger partial charge in [0.1, 0.15) is 5.75 Å². The van der Waals surface area contributed by atoms with E-state index in [9.17, 15) is 27.6 Å². The molecule has 4 atom stereocenters. The van der Waals surface area contributed by atoms with Crippen LogP contribution in [0.5, 0.6) is 5.75 Å². The van der Waals surface area contributed by atoms with E-state index in [4.69, 9.17) is 9.47 Å². The Morgan fingerprint density at radius 3 is 2.13 bits per heavy atom. The molecule has 4 aliphatic rings. The maximum absolute atomic E-state index is 17.8. The van der Waals surface area contributed by atoms with Crippen molar-refractivity contribution < 1.29 is 41.4 Å². The van der Waals surface area contributed by atoms with Crippen molar-refractivity contribution in [3.63, 3.8) is 0 Å². The Hall–Kier alpha value is -3.87. The molecule has 0 saturated carbocycles. The molecule has 0 radical (unpaired) electrons. The number of carbonyl (C=O) groups excluding carboxylic acids is 3. The second-order valence-electron chi connectivity index (χ2n) is 14.9. The van der Waals surface area contributed by atoms with Gasteiger partial charge in [-0.3, -0.25) is 19.3 Å². The van der Waals surface area contributed by atoms with Gasteiger partial charge in [0.25, 0.3) is 5.91 Å². The molecular formula is C39H50F4N4O5. The smallest absolute Gasteiger partial charge is 0.416 e. The zero-order chi connectivity index (χ0) is 37.4. The Morgan fingerprint density at radius 2 is 1.56 bits per heavy atom. The Kier molecular flexibility index (Phi) is 11.1. The van der Waals surface area contributed by atoms with Crippen molar-refractivity contribution in [3.8, 4) is 5.75 Å². The van der Waals surface area contributed by atoms with Crippen LogP contribution in [0.3, 0.4) is 0 Å². The van der Waals surface area contributed by atoms with Gasteiger partial charge in [0.05, 0.1) is 25.7 Å². The van der Waals surface area contributed by atoms with Crippen LogP contribution < -0.4 is 9.64 Å². The van der Waals surface area contributed by atoms with Gasteiger partial charge in [-0.1, -0.05) is 31.5 Å². The summed E-state index contributed by atoms with van der Waals surface area (Å²) in [4.78, 5) is 46.2. The number of ether oxygens (including phenoxy) is 2. The lowest BCUT2D eigenvalue weighted by Gasteiger charge is -2.36. The first kappa shape index (κ1) is 37.9. The molecule has 4 heterocycles. The lowest BCUT2D eigenvalue weighted by atomic mass is 9.84. The molecular weight excluding hydrogens is 680 g/mol. The van der Waals surface area contributed by atoms with E-state index >= 15 is 4.39 Å². The van der Waals surface area contributed by atoms with Crippen LogP contribution in [-0.2, 0) is 25.3 Å². The normalized spacial score (nSPS) is 26.5. The van der Waals surface area contributed by atoms with Gasteiger partial charge >= 0.3 is 12.1 Å². The van der Waals surface area contributed by atoms with Crippen molar-refractivity contribution in [2.24, 2.45) is 11.8 Å². The van der Waals surface area contributed by atoms with Crippen molar-refractivity contribution in [3.05, 3.63) is 59.2 Å². The minimum Gasteiger partial charge on any atom is -0.497 e. The molecule has 4 fully saturated rings. The van der Waals surface area contributed by atoms with Gasteiger partial charge in [0.2, 0.25) is 11.6 Å². The van der Waals surface area contributed by atoms with Crippen molar-refractivity contribution in [1.82, 2.24) is 14.7 Å². The highest BCUT2D eigenvalue weighted by Gasteiger charge is 2.57. The highest BCUT2D eigenvalue weighted by atomic mass is 19.4. The number of methoxy groups -OCH3 is 2. The largest absolute Gasteiger partial charge is 0.497 e. The second-order valence-corrected chi connectivity index (χ2v) is 14.9. The number of piperidine rings is 2. The Morgan fingerprint density at radius 1 is 0.885 bits per heavy atom. The number of nitrogens with zero attached hydrogens (tertiary/aromatic N) is 4. The van der Waals surface area contributed by atoms with E-state index in [1.807, 2.05) is 24.0 Å². The average Bonchev–Trinajstić information content (AvgIpc) is 3.75. The zero-order valence-corrected chi connectivity index (χ0v) is 30.5. The summed E-state index contributed by atoms with van der Waals surface area (Å²) in [5.74, 6) is -1.73. The molecule has 0 aromatic heterocycles. The Balaban J connectivity index is 1.28. The van der Waals surface area contributed by atoms with Crippen molar-refractivity contribution >= 4 is 23.5 Å². The van der Waals surface area contributed by atoms with E-state index in [2.05, 4.69) is 4.90 Å². The number of halogens is 4. The number of amides is 2. The molecule has 13 heteroatoms. The minimum absolute atomic E-state index is 0.0157. The number of hydrogen-bond acceptors (Lipinski definition) is 7. The van der Waals surface area contributed by atoms with Crippen LogP contribution in [0.15, 0.2) is 42.5 Å². The van der Waals surface area contributed by atoms with Gasteiger partial charge in [-0.05, 0) is 67.0 Å². The summed E-state index contributed by atoms with van der Waals surface area (Å²) in [5, 5.41) is 0. The van der Waals surface area contributed by atoms with Gasteiger partial charge in [0.15, 0.2) is 0 Å². The summed E-state index contributed by atoms with van der Waals surface area (Å²) in [6.07, 6.45) is -1.60. The number of anilines is 1. The SMILES string of the molecule is CC[C@H]1CN(C(=O)[C@]2(F)CN(C3CCN(C(C)=O)CC3)C[C@H]2c2ccc(OC)cc2)C[C@@H]1c1ccc(C(F)(F)F)cc1N1CCC(C(=O)OC)CC1. The number of benzene rings is 2. The molecule has 0 aliphatic carbocycles. The molecule has 0 spiro atoms. The average molecular weight is 731 g/mol. The van der Waals surface area contributed by atoms with E-state index in [0.29, 0.717) is 93.9 Å². The van der Waals surface area contributed by atoms with Gasteiger partial charge in [-0.25, -0.2) is 4.39 Å². The Labute approximate surface area is 303 Å². The second kappa shape index (κ2) is 15.2. The fraction of sp³-hybridized carbons (Fsp3) is 0.615. The van der Waals surface area contributed by atoms with Gasteiger partial charge in [0, 0.05) is 82.8 Å². The maximum Gasteiger partial charge on any atom is 0.416 e. The fourth-order valence-electron chi connectivity index (χ4n) is 8.99. The van der Waals surface area contributed by atoms with Crippen molar-refractivity contribution in [2.75, 3.05) is 71.5 Å². The molecule has 2 aromatic rings. The molecule has 6 rings (SSSR count). The summed E-state index contributed by atoms with van der Waals surface area (Å²) < 4.78 is 70.2. The molecule has 9 nitrogen and oxygen atoms in total. The molecule has 4 saturated heterocycles. The lowest BCUT2D eigenvalue weighted by Crippen LogP contribution is -2.51. The quantitative estimate of drug-likeness (QED) is 0.248. The third kappa shape index (κ3) is 7.47. The van der Waals surface area contributed by atoms with Crippen LogP contribution in [0.2, 0.25) is 0 Å². The topological polar surface area (TPSA) is 82.6 Å². The maximum atomic E-state index is 17.8. The number of alkyl halides is 4. The standard InChI is InChI=1S/C39H50F4N4O5/c1-5-26-21-46(22-33(26)32-11-8-29(39(41,42)43)20-35(32)45-16-12-28(13-17-45)36(49)52-4)37(50)38(40)24-47(30-14-18-44(19-15-30)25(2)48)23-34(38)27-6-9-31(51-3)10-7-27/h6-11,20,26,28,30,33-34H,5,12-19,21-24H2,1-4H3/t26-,33-,34-,38-/m0/s1. The third-order valence-corrected chi connectivity index (χ3v) is 12.1. The van der Waals surface area contributed by atoms with Crippen LogP contribution in [0, 0.1) is 11.8 Å². The van der Waals surface area contributed by atoms with Crippen LogP contribution in [-0.4, -0.2) is 111 Å². The molecule has 2 amide bonds. The number of rotatable bonds is 8. The van der Waals surface area contributed by atoms with Crippen LogP contribution in [0.1, 0.15) is 74.5 Å². The van der Waals surface area contributed by atoms with E-state index in [1.165, 1.54) is 19.2 Å². The monoisotopic (exact) mass is 730 g/mol. The number of esters is 1. The van der Waals surface area contributed by atoms with Gasteiger partial charge < -0.3 is 24.2 Å².